The second-order valence-electron chi connectivity index (χ2n) is 11.6. The van der Waals surface area contributed by atoms with Crippen molar-refractivity contribution in [3.63, 3.8) is 0 Å². The molecule has 246 valence electrons. The first-order valence-corrected chi connectivity index (χ1v) is 17.6. The molecule has 2 aliphatic rings. The fourth-order valence-electron chi connectivity index (χ4n) is 5.60. The van der Waals surface area contributed by atoms with Gasteiger partial charge in [0, 0.05) is 34.1 Å². The van der Waals surface area contributed by atoms with Gasteiger partial charge in [0.25, 0.3) is 0 Å². The third kappa shape index (κ3) is 7.88. The van der Waals surface area contributed by atoms with E-state index in [1.165, 1.54) is 23.9 Å². The summed E-state index contributed by atoms with van der Waals surface area (Å²) in [6.45, 7) is 5.93. The highest BCUT2D eigenvalue weighted by Gasteiger charge is 2.37. The van der Waals surface area contributed by atoms with Crippen LogP contribution in [0.5, 0.6) is 0 Å². The summed E-state index contributed by atoms with van der Waals surface area (Å²) in [5, 5.41) is 5.66. The number of ether oxygens (including phenoxy) is 2. The van der Waals surface area contributed by atoms with E-state index in [2.05, 4.69) is 15.0 Å². The van der Waals surface area contributed by atoms with Crippen molar-refractivity contribution in [2.24, 2.45) is 27.7 Å². The van der Waals surface area contributed by atoms with Gasteiger partial charge in [-0.15, -0.1) is 11.3 Å². The van der Waals surface area contributed by atoms with Crippen LogP contribution in [0.2, 0.25) is 5.02 Å². The standard InChI is InChI=1S/C31H36ClN5O7S2/c1-4-16(2)27(33)31(39)44-25-11-21(9-19(25)14-43-46(34,40)41)37-30-24(13-35-15-36-30)28(38)26-12-22(17(3)45-26)29-23-10-20(32)6-5-18(23)7-8-42-29/h5-6,10,12-13,15-16,19,25,27,29H,4,7-9,11,14,33H2,1-3H3,(H2,34,40,41)/t16-,19+,25-,27-,29-/m0/s1. The number of carbonyl (C=O) groups excluding carboxylic acids is 2. The molecule has 0 amide bonds. The number of halogens is 1. The SMILES string of the molecule is CC[C@H](C)[C@H](N)C(=O)O[C@H]1CC(=Nc2ncncc2C(=O)c2cc([C@@H]3OCCc4ccc(Cl)cc43)c(C)s2)C[C@@H]1COS(N)(=O)=O. The van der Waals surface area contributed by atoms with Crippen LogP contribution in [0.4, 0.5) is 5.82 Å². The normalized spacial score (nSPS) is 22.0. The molecule has 0 unspecified atom stereocenters. The summed E-state index contributed by atoms with van der Waals surface area (Å²) in [5.74, 6) is -1.45. The van der Waals surface area contributed by atoms with Crippen LogP contribution < -0.4 is 10.9 Å². The van der Waals surface area contributed by atoms with Crippen molar-refractivity contribution < 1.29 is 31.7 Å². The van der Waals surface area contributed by atoms with Gasteiger partial charge in [-0.25, -0.2) is 20.1 Å². The van der Waals surface area contributed by atoms with Crippen LogP contribution >= 0.6 is 22.9 Å². The predicted octanol–water partition coefficient (Wildman–Crippen LogP) is 4.38. The molecular weight excluding hydrogens is 654 g/mol. The molecule has 3 aromatic rings. The quantitative estimate of drug-likeness (QED) is 0.216. The van der Waals surface area contributed by atoms with Gasteiger partial charge < -0.3 is 15.2 Å². The van der Waals surface area contributed by atoms with E-state index in [0.29, 0.717) is 28.6 Å². The van der Waals surface area contributed by atoms with Crippen molar-refractivity contribution in [1.29, 1.82) is 0 Å². The van der Waals surface area contributed by atoms with Gasteiger partial charge in [0.05, 0.1) is 23.7 Å². The zero-order valence-corrected chi connectivity index (χ0v) is 28.0. The van der Waals surface area contributed by atoms with E-state index >= 15 is 0 Å². The van der Waals surface area contributed by atoms with Crippen LogP contribution in [0.25, 0.3) is 0 Å². The number of nitrogens with zero attached hydrogens (tertiary/aromatic N) is 3. The zero-order chi connectivity index (χ0) is 33.2. The first kappa shape index (κ1) is 34.2. The monoisotopic (exact) mass is 689 g/mol. The summed E-state index contributed by atoms with van der Waals surface area (Å²) in [6, 6.07) is 6.77. The van der Waals surface area contributed by atoms with E-state index < -0.39 is 34.3 Å². The Labute approximate surface area is 276 Å². The zero-order valence-electron chi connectivity index (χ0n) is 25.6. The molecule has 1 aliphatic heterocycles. The first-order valence-electron chi connectivity index (χ1n) is 14.9. The number of fused-ring (bicyclic) bond motifs is 1. The van der Waals surface area contributed by atoms with Crippen molar-refractivity contribution in [1.82, 2.24) is 9.97 Å². The van der Waals surface area contributed by atoms with E-state index in [-0.39, 0.29) is 48.6 Å². The number of thiophene rings is 1. The summed E-state index contributed by atoms with van der Waals surface area (Å²) < 4.78 is 39.7. The molecule has 15 heteroatoms. The third-order valence-electron chi connectivity index (χ3n) is 8.41. The number of rotatable bonds is 11. The van der Waals surface area contributed by atoms with Crippen LogP contribution in [0.3, 0.4) is 0 Å². The van der Waals surface area contributed by atoms with Crippen molar-refractivity contribution in [2.45, 2.75) is 64.7 Å². The number of aromatic nitrogens is 2. The van der Waals surface area contributed by atoms with Gasteiger partial charge in [0.2, 0.25) is 5.78 Å². The Morgan fingerprint density at radius 2 is 2.02 bits per heavy atom. The van der Waals surface area contributed by atoms with Gasteiger partial charge in [0.15, 0.2) is 5.82 Å². The lowest BCUT2D eigenvalue weighted by Gasteiger charge is -2.26. The number of carbonyl (C=O) groups is 2. The van der Waals surface area contributed by atoms with Crippen LogP contribution in [0.1, 0.15) is 76.0 Å². The number of aryl methyl sites for hydroxylation is 1. The molecule has 5 atom stereocenters. The number of ketones is 1. The Kier molecular flexibility index (Phi) is 10.7. The molecule has 1 saturated carbocycles. The molecule has 0 radical (unpaired) electrons. The van der Waals surface area contributed by atoms with E-state index in [1.54, 1.807) is 0 Å². The molecule has 0 saturated heterocycles. The van der Waals surface area contributed by atoms with Gasteiger partial charge in [-0.3, -0.25) is 13.8 Å². The Hall–Kier alpha value is -3.11. The Bertz CT molecular complexity index is 1760. The van der Waals surface area contributed by atoms with E-state index in [0.717, 1.165) is 28.0 Å². The number of aliphatic imine (C=N–C) groups is 1. The fourth-order valence-corrected chi connectivity index (χ4v) is 7.15. The maximum Gasteiger partial charge on any atom is 0.333 e. The summed E-state index contributed by atoms with van der Waals surface area (Å²) in [7, 11) is -4.24. The van der Waals surface area contributed by atoms with E-state index in [9.17, 15) is 18.0 Å². The highest BCUT2D eigenvalue weighted by molar-refractivity contribution is 7.84. The average molecular weight is 690 g/mol. The van der Waals surface area contributed by atoms with Gasteiger partial charge >= 0.3 is 16.3 Å². The molecule has 2 aromatic heterocycles. The number of benzene rings is 1. The Morgan fingerprint density at radius 1 is 1.24 bits per heavy atom. The number of hydrogen-bond acceptors (Lipinski definition) is 12. The molecule has 46 heavy (non-hydrogen) atoms. The van der Waals surface area contributed by atoms with E-state index in [1.807, 2.05) is 45.0 Å². The van der Waals surface area contributed by atoms with Crippen molar-refractivity contribution >= 4 is 56.5 Å². The summed E-state index contributed by atoms with van der Waals surface area (Å²) in [6.07, 6.45) is 3.42. The van der Waals surface area contributed by atoms with Gasteiger partial charge in [0.1, 0.15) is 24.6 Å². The molecular formula is C31H36ClN5O7S2. The first-order chi connectivity index (χ1) is 21.8. The van der Waals surface area contributed by atoms with Gasteiger partial charge in [-0.2, -0.15) is 8.42 Å². The second-order valence-corrected chi connectivity index (χ2v) is 14.5. The Balaban J connectivity index is 1.40. The van der Waals surface area contributed by atoms with Crippen molar-refractivity contribution in [3.05, 3.63) is 73.8 Å². The number of hydrogen-bond donors (Lipinski definition) is 2. The largest absolute Gasteiger partial charge is 0.460 e. The van der Waals surface area contributed by atoms with Crippen molar-refractivity contribution in [3.8, 4) is 0 Å². The lowest BCUT2D eigenvalue weighted by atomic mass is 9.93. The van der Waals surface area contributed by atoms with Crippen molar-refractivity contribution in [2.75, 3.05) is 13.2 Å². The lowest BCUT2D eigenvalue weighted by Crippen LogP contribution is -2.41. The third-order valence-corrected chi connectivity index (χ3v) is 10.2. The molecule has 4 N–H and O–H groups in total. The average Bonchev–Trinajstić information content (AvgIpc) is 3.60. The predicted molar refractivity (Wildman–Crippen MR) is 174 cm³/mol. The van der Waals surface area contributed by atoms with Crippen LogP contribution in [-0.4, -0.2) is 61.2 Å². The molecule has 5 rings (SSSR count). The Morgan fingerprint density at radius 3 is 2.76 bits per heavy atom. The summed E-state index contributed by atoms with van der Waals surface area (Å²) in [5.41, 5.74) is 9.83. The highest BCUT2D eigenvalue weighted by atomic mass is 35.5. The smallest absolute Gasteiger partial charge is 0.333 e. The minimum absolute atomic E-state index is 0.116. The molecule has 0 spiro atoms. The van der Waals surface area contributed by atoms with E-state index in [4.69, 9.17) is 36.1 Å². The summed E-state index contributed by atoms with van der Waals surface area (Å²) in [4.78, 5) is 41.1. The lowest BCUT2D eigenvalue weighted by molar-refractivity contribution is -0.154. The molecule has 0 bridgehead atoms. The summed E-state index contributed by atoms with van der Waals surface area (Å²) >= 11 is 7.65. The molecule has 1 aliphatic carbocycles. The fraction of sp³-hybridized carbons (Fsp3) is 0.452. The van der Waals surface area contributed by atoms with Gasteiger partial charge in [-0.05, 0) is 60.6 Å². The minimum atomic E-state index is -4.24. The second kappa shape index (κ2) is 14.3. The molecule has 1 fully saturated rings. The van der Waals surface area contributed by atoms with Crippen LogP contribution in [0.15, 0.2) is 41.8 Å². The number of nitrogens with two attached hydrogens (primary N) is 2. The number of esters is 1. The topological polar surface area (TPSA) is 186 Å². The van der Waals surface area contributed by atoms with Crippen LogP contribution in [0, 0.1) is 18.8 Å². The van der Waals surface area contributed by atoms with Crippen LogP contribution in [-0.2, 0) is 35.2 Å². The maximum absolute atomic E-state index is 13.9. The van der Waals surface area contributed by atoms with Gasteiger partial charge in [-0.1, -0.05) is 37.9 Å². The highest BCUT2D eigenvalue weighted by Crippen LogP contribution is 2.39. The maximum atomic E-state index is 13.9. The molecule has 3 heterocycles. The minimum Gasteiger partial charge on any atom is -0.460 e. The molecule has 1 aromatic carbocycles. The molecule has 12 nitrogen and oxygen atoms in total.